The summed E-state index contributed by atoms with van der Waals surface area (Å²) >= 11 is 0. The summed E-state index contributed by atoms with van der Waals surface area (Å²) in [4.78, 5) is 13.2. The van der Waals surface area contributed by atoms with Gasteiger partial charge in [-0.05, 0) is 35.6 Å². The van der Waals surface area contributed by atoms with Gasteiger partial charge in [-0.15, -0.1) is 0 Å². The lowest BCUT2D eigenvalue weighted by Crippen LogP contribution is -2.34. The highest BCUT2D eigenvalue weighted by Gasteiger charge is 2.19. The van der Waals surface area contributed by atoms with Crippen LogP contribution in [0.25, 0.3) is 0 Å². The van der Waals surface area contributed by atoms with Gasteiger partial charge in [0.2, 0.25) is 15.9 Å². The fourth-order valence-electron chi connectivity index (χ4n) is 2.55. The maximum Gasteiger partial charge on any atom is 0.232 e. The highest BCUT2D eigenvalue weighted by molar-refractivity contribution is 7.92. The number of carbonyl (C=O) groups is 1. The number of hydrogen-bond donors (Lipinski definition) is 1. The van der Waals surface area contributed by atoms with Crippen LogP contribution in [0.3, 0.4) is 0 Å². The largest absolute Gasteiger partial charge is 0.338 e. The van der Waals surface area contributed by atoms with Crippen LogP contribution in [0.15, 0.2) is 18.2 Å². The lowest BCUT2D eigenvalue weighted by molar-refractivity contribution is -0.129. The summed E-state index contributed by atoms with van der Waals surface area (Å²) in [5.74, 6) is 0.226. The third kappa shape index (κ3) is 4.20. The van der Waals surface area contributed by atoms with Crippen LogP contribution in [0.2, 0.25) is 0 Å². The van der Waals surface area contributed by atoms with Crippen molar-refractivity contribution in [3.63, 3.8) is 0 Å². The lowest BCUT2D eigenvalue weighted by atomic mass is 9.99. The number of hydrogen-bond acceptors (Lipinski definition) is 3. The molecule has 1 heterocycles. The van der Waals surface area contributed by atoms with E-state index in [0.29, 0.717) is 12.2 Å². The van der Waals surface area contributed by atoms with Crippen molar-refractivity contribution in [1.82, 2.24) is 4.90 Å². The molecule has 21 heavy (non-hydrogen) atoms. The van der Waals surface area contributed by atoms with Crippen LogP contribution in [0.4, 0.5) is 5.69 Å². The zero-order valence-electron chi connectivity index (χ0n) is 12.7. The molecule has 0 saturated heterocycles. The smallest absolute Gasteiger partial charge is 0.232 e. The topological polar surface area (TPSA) is 66.5 Å². The van der Waals surface area contributed by atoms with E-state index in [0.717, 1.165) is 18.5 Å². The van der Waals surface area contributed by atoms with Crippen LogP contribution in [0.5, 0.6) is 0 Å². The van der Waals surface area contributed by atoms with Crippen LogP contribution in [0, 0.1) is 5.92 Å². The average Bonchev–Trinajstić information content (AvgIpc) is 2.35. The molecule has 0 bridgehead atoms. The number of sulfonamides is 1. The lowest BCUT2D eigenvalue weighted by Gasteiger charge is -2.28. The summed E-state index contributed by atoms with van der Waals surface area (Å²) in [6.07, 6.45) is 0.813. The Bertz CT molecular complexity index is 638. The Balaban J connectivity index is 2.18. The fourth-order valence-corrected chi connectivity index (χ4v) is 4.00. The number of nitrogens with one attached hydrogen (secondary N) is 1. The average molecular weight is 310 g/mol. The molecular formula is C15H22N2O3S. The molecule has 5 nitrogen and oxygen atoms in total. The molecule has 1 N–H and O–H groups in total. The summed E-state index contributed by atoms with van der Waals surface area (Å²) in [7, 11) is -3.32. The maximum atomic E-state index is 12.0. The molecule has 0 spiro atoms. The van der Waals surface area contributed by atoms with E-state index >= 15 is 0 Å². The molecule has 0 radical (unpaired) electrons. The second kappa shape index (κ2) is 6.05. The van der Waals surface area contributed by atoms with Crippen LogP contribution >= 0.6 is 0 Å². The molecular weight excluding hydrogens is 288 g/mol. The number of benzene rings is 1. The molecule has 1 aromatic rings. The minimum absolute atomic E-state index is 0.0476. The number of carbonyl (C=O) groups excluding carboxylic acids is 1. The first-order valence-electron chi connectivity index (χ1n) is 7.14. The number of fused-ring (bicyclic) bond motifs is 1. The molecule has 6 heteroatoms. The van der Waals surface area contributed by atoms with Crippen molar-refractivity contribution in [2.24, 2.45) is 5.92 Å². The first-order valence-corrected chi connectivity index (χ1v) is 8.80. The Labute approximate surface area is 126 Å². The molecule has 1 aromatic carbocycles. The summed E-state index contributed by atoms with van der Waals surface area (Å²) in [6.45, 7) is 6.57. The van der Waals surface area contributed by atoms with Gasteiger partial charge in [-0.1, -0.05) is 19.9 Å². The molecule has 1 aliphatic heterocycles. The molecule has 1 amide bonds. The van der Waals surface area contributed by atoms with E-state index < -0.39 is 10.0 Å². The molecule has 0 unspecified atom stereocenters. The highest BCUT2D eigenvalue weighted by atomic mass is 32.2. The van der Waals surface area contributed by atoms with Crippen molar-refractivity contribution in [2.75, 3.05) is 17.0 Å². The Morgan fingerprint density at radius 2 is 2.05 bits per heavy atom. The van der Waals surface area contributed by atoms with Crippen molar-refractivity contribution in [2.45, 2.75) is 33.7 Å². The zero-order valence-corrected chi connectivity index (χ0v) is 13.5. The number of rotatable bonds is 4. The van der Waals surface area contributed by atoms with Crippen molar-refractivity contribution in [1.29, 1.82) is 0 Å². The third-order valence-corrected chi connectivity index (χ3v) is 5.14. The van der Waals surface area contributed by atoms with Crippen molar-refractivity contribution >= 4 is 21.6 Å². The third-order valence-electron chi connectivity index (χ3n) is 3.49. The van der Waals surface area contributed by atoms with E-state index in [4.69, 9.17) is 0 Å². The van der Waals surface area contributed by atoms with Gasteiger partial charge in [-0.25, -0.2) is 8.42 Å². The molecule has 1 aliphatic rings. The molecule has 0 fully saturated rings. The predicted molar refractivity (Wildman–Crippen MR) is 83.5 cm³/mol. The Morgan fingerprint density at radius 3 is 2.67 bits per heavy atom. The minimum Gasteiger partial charge on any atom is -0.338 e. The van der Waals surface area contributed by atoms with E-state index in [-0.39, 0.29) is 17.6 Å². The normalized spacial score (nSPS) is 15.0. The van der Waals surface area contributed by atoms with Gasteiger partial charge in [0.1, 0.15) is 0 Å². The monoisotopic (exact) mass is 310 g/mol. The zero-order chi connectivity index (χ0) is 15.6. The highest BCUT2D eigenvalue weighted by Crippen LogP contribution is 2.23. The number of anilines is 1. The second-order valence-corrected chi connectivity index (χ2v) is 7.72. The van der Waals surface area contributed by atoms with Crippen LogP contribution < -0.4 is 4.72 Å². The predicted octanol–water partition coefficient (Wildman–Crippen LogP) is 1.99. The van der Waals surface area contributed by atoms with Gasteiger partial charge >= 0.3 is 0 Å². The van der Waals surface area contributed by atoms with Gasteiger partial charge in [-0.2, -0.15) is 0 Å². The summed E-state index contributed by atoms with van der Waals surface area (Å²) in [5.41, 5.74) is 2.76. The van der Waals surface area contributed by atoms with Gasteiger partial charge in [0.25, 0.3) is 0 Å². The van der Waals surface area contributed by atoms with Crippen molar-refractivity contribution in [3.8, 4) is 0 Å². The van der Waals surface area contributed by atoms with E-state index in [1.807, 2.05) is 26.0 Å². The Morgan fingerprint density at radius 1 is 1.33 bits per heavy atom. The van der Waals surface area contributed by atoms with Crippen molar-refractivity contribution in [3.05, 3.63) is 29.3 Å². The van der Waals surface area contributed by atoms with Gasteiger partial charge in [0, 0.05) is 25.7 Å². The van der Waals surface area contributed by atoms with Crippen LogP contribution in [-0.4, -0.2) is 31.5 Å². The van der Waals surface area contributed by atoms with Crippen molar-refractivity contribution < 1.29 is 13.2 Å². The fraction of sp³-hybridized carbons (Fsp3) is 0.533. The molecule has 2 rings (SSSR count). The number of amides is 1. The first kappa shape index (κ1) is 15.8. The number of nitrogens with zero attached hydrogens (tertiary/aromatic N) is 1. The van der Waals surface area contributed by atoms with E-state index in [1.54, 1.807) is 17.9 Å². The first-order chi connectivity index (χ1) is 9.77. The quantitative estimate of drug-likeness (QED) is 0.925. The van der Waals surface area contributed by atoms with Crippen LogP contribution in [0.1, 0.15) is 31.9 Å². The maximum absolute atomic E-state index is 12.0. The Hall–Kier alpha value is -1.56. The second-order valence-electron chi connectivity index (χ2n) is 5.95. The van der Waals surface area contributed by atoms with Gasteiger partial charge < -0.3 is 4.90 Å². The van der Waals surface area contributed by atoms with Crippen LogP contribution in [-0.2, 0) is 27.8 Å². The van der Waals surface area contributed by atoms with Gasteiger partial charge in [0.15, 0.2) is 0 Å². The SMILES string of the molecule is CC(=O)N1CCc2ccc(NS(=O)(=O)CC(C)C)cc2C1. The van der Waals surface area contributed by atoms with Gasteiger partial charge in [0.05, 0.1) is 5.75 Å². The summed E-state index contributed by atoms with van der Waals surface area (Å²) < 4.78 is 26.6. The molecule has 0 aromatic heterocycles. The Kier molecular flexibility index (Phi) is 4.56. The van der Waals surface area contributed by atoms with Gasteiger partial charge in [-0.3, -0.25) is 9.52 Å². The molecule has 0 saturated carbocycles. The molecule has 0 atom stereocenters. The molecule has 0 aliphatic carbocycles. The molecule has 116 valence electrons. The summed E-state index contributed by atoms with van der Waals surface area (Å²) in [5, 5.41) is 0. The standard InChI is InChI=1S/C15H22N2O3S/c1-11(2)10-21(19,20)16-15-5-4-13-6-7-17(12(3)18)9-14(13)8-15/h4-5,8,11,16H,6-7,9-10H2,1-3H3. The summed E-state index contributed by atoms with van der Waals surface area (Å²) in [6, 6.07) is 5.57. The van der Waals surface area contributed by atoms with E-state index in [1.165, 1.54) is 5.56 Å². The minimum atomic E-state index is -3.32. The van der Waals surface area contributed by atoms with E-state index in [9.17, 15) is 13.2 Å². The van der Waals surface area contributed by atoms with E-state index in [2.05, 4.69) is 4.72 Å².